The Morgan fingerprint density at radius 2 is 2.00 bits per heavy atom. The molecule has 2 fully saturated rings. The SMILES string of the molecule is CC(CO)(CCCOCCC1CC1)NC1CC1. The number of hydrogen-bond donors (Lipinski definition) is 2. The molecule has 0 heterocycles. The predicted octanol–water partition coefficient (Wildman–Crippen LogP) is 2.09. The maximum atomic E-state index is 9.44. The third-order valence-corrected chi connectivity index (χ3v) is 3.86. The molecule has 0 saturated heterocycles. The van der Waals surface area contributed by atoms with Crippen LogP contribution in [0.25, 0.3) is 0 Å². The number of ether oxygens (including phenoxy) is 1. The molecule has 0 radical (unpaired) electrons. The van der Waals surface area contributed by atoms with Crippen LogP contribution in [0, 0.1) is 5.92 Å². The van der Waals surface area contributed by atoms with Gasteiger partial charge >= 0.3 is 0 Å². The third kappa shape index (κ3) is 5.36. The molecule has 100 valence electrons. The molecule has 0 aromatic heterocycles. The van der Waals surface area contributed by atoms with Crippen LogP contribution in [0.4, 0.5) is 0 Å². The molecule has 3 heteroatoms. The number of hydrogen-bond acceptors (Lipinski definition) is 3. The van der Waals surface area contributed by atoms with Crippen LogP contribution in [0.2, 0.25) is 0 Å². The Bertz CT molecular complexity index is 226. The largest absolute Gasteiger partial charge is 0.394 e. The minimum absolute atomic E-state index is 0.0962. The molecule has 2 N–H and O–H groups in total. The zero-order chi connectivity index (χ0) is 12.1. The molecule has 2 aliphatic carbocycles. The normalized spacial score (nSPS) is 23.6. The highest BCUT2D eigenvalue weighted by atomic mass is 16.5. The molecule has 1 atom stereocenters. The maximum Gasteiger partial charge on any atom is 0.0610 e. The first-order valence-electron chi connectivity index (χ1n) is 7.18. The van der Waals surface area contributed by atoms with E-state index in [-0.39, 0.29) is 12.1 Å². The average Bonchev–Trinajstić information content (AvgIpc) is 3.17. The van der Waals surface area contributed by atoms with Gasteiger partial charge in [0.1, 0.15) is 0 Å². The van der Waals surface area contributed by atoms with Crippen LogP contribution >= 0.6 is 0 Å². The van der Waals surface area contributed by atoms with Crippen LogP contribution < -0.4 is 5.32 Å². The molecule has 1 unspecified atom stereocenters. The van der Waals surface area contributed by atoms with Gasteiger partial charge in [-0.15, -0.1) is 0 Å². The zero-order valence-corrected chi connectivity index (χ0v) is 11.1. The van der Waals surface area contributed by atoms with Crippen LogP contribution in [0.5, 0.6) is 0 Å². The van der Waals surface area contributed by atoms with Gasteiger partial charge in [-0.2, -0.15) is 0 Å². The van der Waals surface area contributed by atoms with Gasteiger partial charge in [-0.1, -0.05) is 12.8 Å². The van der Waals surface area contributed by atoms with Crippen molar-refractivity contribution in [3.63, 3.8) is 0 Å². The summed E-state index contributed by atoms with van der Waals surface area (Å²) in [6.07, 6.45) is 8.66. The summed E-state index contributed by atoms with van der Waals surface area (Å²) in [5.41, 5.74) is -0.0962. The lowest BCUT2D eigenvalue weighted by molar-refractivity contribution is 0.105. The van der Waals surface area contributed by atoms with E-state index in [4.69, 9.17) is 4.74 Å². The van der Waals surface area contributed by atoms with E-state index in [1.165, 1.54) is 32.1 Å². The van der Waals surface area contributed by atoms with E-state index in [2.05, 4.69) is 12.2 Å². The third-order valence-electron chi connectivity index (χ3n) is 3.86. The first-order chi connectivity index (χ1) is 8.22. The smallest absolute Gasteiger partial charge is 0.0610 e. The fourth-order valence-electron chi connectivity index (χ4n) is 2.24. The minimum atomic E-state index is -0.0962. The van der Waals surface area contributed by atoms with Gasteiger partial charge in [0.15, 0.2) is 0 Å². The Balaban J connectivity index is 1.48. The van der Waals surface area contributed by atoms with E-state index in [9.17, 15) is 5.11 Å². The van der Waals surface area contributed by atoms with Crippen molar-refractivity contribution in [2.24, 2.45) is 5.92 Å². The Morgan fingerprint density at radius 1 is 1.24 bits per heavy atom. The second-order valence-corrected chi connectivity index (χ2v) is 6.09. The molecule has 0 aliphatic heterocycles. The predicted molar refractivity (Wildman–Crippen MR) is 69.0 cm³/mol. The van der Waals surface area contributed by atoms with Gasteiger partial charge in [0.25, 0.3) is 0 Å². The summed E-state index contributed by atoms with van der Waals surface area (Å²) in [5, 5.41) is 13.0. The van der Waals surface area contributed by atoms with Crippen molar-refractivity contribution in [3.8, 4) is 0 Å². The summed E-state index contributed by atoms with van der Waals surface area (Å²) >= 11 is 0. The number of nitrogens with one attached hydrogen (secondary N) is 1. The topological polar surface area (TPSA) is 41.5 Å². The summed E-state index contributed by atoms with van der Waals surface area (Å²) in [5.74, 6) is 0.967. The zero-order valence-electron chi connectivity index (χ0n) is 11.1. The molecule has 2 aliphatic rings. The van der Waals surface area contributed by atoms with E-state index in [0.29, 0.717) is 6.04 Å². The van der Waals surface area contributed by atoms with Crippen LogP contribution in [0.1, 0.15) is 51.9 Å². The highest BCUT2D eigenvalue weighted by Gasteiger charge is 2.31. The van der Waals surface area contributed by atoms with Crippen molar-refractivity contribution in [2.75, 3.05) is 19.8 Å². The molecule has 0 aromatic rings. The highest BCUT2D eigenvalue weighted by molar-refractivity contribution is 4.92. The van der Waals surface area contributed by atoms with E-state index in [1.807, 2.05) is 0 Å². The molecular formula is C14H27NO2. The lowest BCUT2D eigenvalue weighted by Crippen LogP contribution is -2.47. The molecule has 0 spiro atoms. The van der Waals surface area contributed by atoms with Crippen LogP contribution in [0.15, 0.2) is 0 Å². The molecule has 0 bridgehead atoms. The van der Waals surface area contributed by atoms with E-state index >= 15 is 0 Å². The Morgan fingerprint density at radius 3 is 2.59 bits per heavy atom. The summed E-state index contributed by atoms with van der Waals surface area (Å²) < 4.78 is 5.64. The first kappa shape index (κ1) is 13.3. The minimum Gasteiger partial charge on any atom is -0.394 e. The van der Waals surface area contributed by atoms with Crippen molar-refractivity contribution in [3.05, 3.63) is 0 Å². The van der Waals surface area contributed by atoms with Crippen LogP contribution in [-0.2, 0) is 4.74 Å². The van der Waals surface area contributed by atoms with E-state index in [0.717, 1.165) is 32.0 Å². The number of aliphatic hydroxyl groups excluding tert-OH is 1. The standard InChI is InChI=1S/C14H27NO2/c1-14(11-16,15-13-5-6-13)8-2-9-17-10-7-12-3-4-12/h12-13,15-16H,2-11H2,1H3. The maximum absolute atomic E-state index is 9.44. The summed E-state index contributed by atoms with van der Waals surface area (Å²) in [6.45, 7) is 4.12. The van der Waals surface area contributed by atoms with Crippen molar-refractivity contribution in [1.82, 2.24) is 5.32 Å². The lowest BCUT2D eigenvalue weighted by atomic mass is 9.97. The summed E-state index contributed by atoms with van der Waals surface area (Å²) in [4.78, 5) is 0. The second kappa shape index (κ2) is 6.17. The van der Waals surface area contributed by atoms with E-state index in [1.54, 1.807) is 0 Å². The van der Waals surface area contributed by atoms with Crippen molar-refractivity contribution >= 4 is 0 Å². The number of rotatable bonds is 10. The molecule has 0 amide bonds. The van der Waals surface area contributed by atoms with E-state index < -0.39 is 0 Å². The molecule has 17 heavy (non-hydrogen) atoms. The molecule has 3 nitrogen and oxygen atoms in total. The summed E-state index contributed by atoms with van der Waals surface area (Å²) in [6, 6.07) is 0.655. The molecule has 0 aromatic carbocycles. The van der Waals surface area contributed by atoms with Gasteiger partial charge in [-0.25, -0.2) is 0 Å². The fraction of sp³-hybridized carbons (Fsp3) is 1.00. The highest BCUT2D eigenvalue weighted by Crippen LogP contribution is 2.32. The van der Waals surface area contributed by atoms with Crippen molar-refractivity contribution < 1.29 is 9.84 Å². The average molecular weight is 241 g/mol. The Labute approximate surface area is 105 Å². The van der Waals surface area contributed by atoms with Gasteiger partial charge < -0.3 is 15.2 Å². The summed E-state index contributed by atoms with van der Waals surface area (Å²) in [7, 11) is 0. The van der Waals surface area contributed by atoms with Gasteiger partial charge in [-0.3, -0.25) is 0 Å². The monoisotopic (exact) mass is 241 g/mol. The van der Waals surface area contributed by atoms with Gasteiger partial charge in [-0.05, 0) is 44.9 Å². The quantitative estimate of drug-likeness (QED) is 0.575. The fourth-order valence-corrected chi connectivity index (χ4v) is 2.24. The van der Waals surface area contributed by atoms with Crippen LogP contribution in [-0.4, -0.2) is 36.5 Å². The molecular weight excluding hydrogens is 214 g/mol. The molecule has 2 rings (SSSR count). The van der Waals surface area contributed by atoms with Crippen LogP contribution in [0.3, 0.4) is 0 Å². The number of aliphatic hydroxyl groups is 1. The molecule has 2 saturated carbocycles. The second-order valence-electron chi connectivity index (χ2n) is 6.09. The van der Waals surface area contributed by atoms with Gasteiger partial charge in [0, 0.05) is 24.8 Å². The Hall–Kier alpha value is -0.120. The first-order valence-corrected chi connectivity index (χ1v) is 7.18. The Kier molecular flexibility index (Phi) is 4.83. The van der Waals surface area contributed by atoms with Gasteiger partial charge in [0.05, 0.1) is 6.61 Å². The lowest BCUT2D eigenvalue weighted by Gasteiger charge is -2.29. The van der Waals surface area contributed by atoms with Gasteiger partial charge in [0.2, 0.25) is 0 Å². The van der Waals surface area contributed by atoms with Crippen molar-refractivity contribution in [1.29, 1.82) is 0 Å². The van der Waals surface area contributed by atoms with Crippen molar-refractivity contribution in [2.45, 2.75) is 63.5 Å².